The van der Waals surface area contributed by atoms with E-state index in [1.807, 2.05) is 18.7 Å². The number of carbonyl (C=O) groups excluding carboxylic acids is 2. The highest BCUT2D eigenvalue weighted by molar-refractivity contribution is 5.82. The van der Waals surface area contributed by atoms with E-state index in [0.717, 1.165) is 38.9 Å². The molecule has 0 radical (unpaired) electrons. The van der Waals surface area contributed by atoms with Gasteiger partial charge in [0, 0.05) is 25.0 Å². The normalized spacial score (nSPS) is 27.9. The van der Waals surface area contributed by atoms with Gasteiger partial charge in [0.25, 0.3) is 0 Å². The number of nitrogens with one attached hydrogen (secondary N) is 2. The van der Waals surface area contributed by atoms with E-state index in [1.54, 1.807) is 0 Å². The minimum atomic E-state index is -0.00296. The van der Waals surface area contributed by atoms with Crippen LogP contribution in [0.15, 0.2) is 0 Å². The van der Waals surface area contributed by atoms with Gasteiger partial charge in [-0.3, -0.25) is 9.59 Å². The molecule has 2 amide bonds. The summed E-state index contributed by atoms with van der Waals surface area (Å²) in [6, 6.07) is 0.222. The van der Waals surface area contributed by atoms with Gasteiger partial charge in [-0.05, 0) is 31.7 Å². The molecule has 2 aliphatic rings. The summed E-state index contributed by atoms with van der Waals surface area (Å²) in [6.07, 6.45) is 2.81. The van der Waals surface area contributed by atoms with Gasteiger partial charge in [-0.25, -0.2) is 0 Å². The Labute approximate surface area is 121 Å². The Bertz CT molecular complexity index is 362. The Kier molecular flexibility index (Phi) is 5.02. The number of rotatable bonds is 3. The van der Waals surface area contributed by atoms with Crippen molar-refractivity contribution in [3.8, 4) is 0 Å². The average molecular weight is 281 g/mol. The molecule has 5 heteroatoms. The fraction of sp³-hybridized carbons (Fsp3) is 0.867. The Morgan fingerprint density at radius 3 is 2.35 bits per heavy atom. The van der Waals surface area contributed by atoms with Gasteiger partial charge < -0.3 is 15.5 Å². The van der Waals surface area contributed by atoms with Crippen molar-refractivity contribution in [2.75, 3.05) is 19.6 Å². The van der Waals surface area contributed by atoms with Crippen molar-refractivity contribution >= 4 is 11.8 Å². The second kappa shape index (κ2) is 6.57. The minimum Gasteiger partial charge on any atom is -0.353 e. The second-order valence-electron chi connectivity index (χ2n) is 6.46. The molecule has 0 aromatic carbocycles. The second-order valence-corrected chi connectivity index (χ2v) is 6.46. The Hall–Kier alpha value is -1.10. The van der Waals surface area contributed by atoms with Crippen LogP contribution in [0, 0.1) is 11.8 Å². The highest BCUT2D eigenvalue weighted by Gasteiger charge is 2.34. The summed E-state index contributed by atoms with van der Waals surface area (Å²) in [4.78, 5) is 26.1. The molecule has 2 atom stereocenters. The number of nitrogens with zero attached hydrogens (tertiary/aromatic N) is 1. The van der Waals surface area contributed by atoms with Crippen LogP contribution in [0.3, 0.4) is 0 Å². The smallest absolute Gasteiger partial charge is 0.239 e. The van der Waals surface area contributed by atoms with E-state index in [0.29, 0.717) is 5.92 Å². The van der Waals surface area contributed by atoms with E-state index in [-0.39, 0.29) is 29.8 Å². The number of piperidine rings is 1. The minimum absolute atomic E-state index is 0.00296. The molecule has 2 aliphatic heterocycles. The lowest BCUT2D eigenvalue weighted by Gasteiger charge is -2.34. The molecule has 0 aliphatic carbocycles. The molecule has 0 saturated carbocycles. The molecule has 2 rings (SSSR count). The summed E-state index contributed by atoms with van der Waals surface area (Å²) < 4.78 is 0. The third-order valence-corrected chi connectivity index (χ3v) is 4.48. The Morgan fingerprint density at radius 2 is 1.85 bits per heavy atom. The average Bonchev–Trinajstić information content (AvgIpc) is 2.85. The van der Waals surface area contributed by atoms with Crippen molar-refractivity contribution < 1.29 is 9.59 Å². The Balaban J connectivity index is 1.79. The molecular weight excluding hydrogens is 254 g/mol. The maximum Gasteiger partial charge on any atom is 0.239 e. The first-order valence-electron chi connectivity index (χ1n) is 7.81. The predicted molar refractivity (Wildman–Crippen MR) is 78.2 cm³/mol. The van der Waals surface area contributed by atoms with Gasteiger partial charge >= 0.3 is 0 Å². The molecule has 0 bridgehead atoms. The van der Waals surface area contributed by atoms with E-state index in [4.69, 9.17) is 0 Å². The third kappa shape index (κ3) is 3.51. The third-order valence-electron chi connectivity index (χ3n) is 4.48. The van der Waals surface area contributed by atoms with Crippen molar-refractivity contribution in [2.24, 2.45) is 11.8 Å². The molecule has 2 heterocycles. The lowest BCUT2D eigenvalue weighted by atomic mass is 9.99. The van der Waals surface area contributed by atoms with Crippen molar-refractivity contribution in [1.82, 2.24) is 15.5 Å². The van der Waals surface area contributed by atoms with Crippen molar-refractivity contribution in [1.29, 1.82) is 0 Å². The van der Waals surface area contributed by atoms with Gasteiger partial charge in [0.15, 0.2) is 0 Å². The summed E-state index contributed by atoms with van der Waals surface area (Å²) in [6.45, 7) is 8.40. The van der Waals surface area contributed by atoms with Crippen LogP contribution >= 0.6 is 0 Å². The summed E-state index contributed by atoms with van der Waals surface area (Å²) in [5.41, 5.74) is 0. The summed E-state index contributed by atoms with van der Waals surface area (Å²) in [7, 11) is 0. The molecule has 114 valence electrons. The molecular formula is C15H27N3O2. The van der Waals surface area contributed by atoms with Crippen LogP contribution in [0.1, 0.15) is 40.0 Å². The highest BCUT2D eigenvalue weighted by atomic mass is 16.2. The van der Waals surface area contributed by atoms with Gasteiger partial charge in [-0.15, -0.1) is 0 Å². The first-order valence-corrected chi connectivity index (χ1v) is 7.81. The monoisotopic (exact) mass is 281 g/mol. The fourth-order valence-corrected chi connectivity index (χ4v) is 2.97. The molecule has 2 saturated heterocycles. The van der Waals surface area contributed by atoms with Crippen LogP contribution in [0.5, 0.6) is 0 Å². The summed E-state index contributed by atoms with van der Waals surface area (Å²) in [5.74, 6) is 0.809. The first-order chi connectivity index (χ1) is 9.49. The standard InChI is InChI=1S/C15H27N3O2/c1-10(2)14(19)17-12-5-8-18(9-6-12)15(20)13-11(3)4-7-16-13/h10-13,16H,4-9H2,1-3H3,(H,17,19). The zero-order valence-electron chi connectivity index (χ0n) is 12.8. The van der Waals surface area contributed by atoms with Gasteiger partial charge in [0.05, 0.1) is 6.04 Å². The van der Waals surface area contributed by atoms with Crippen LogP contribution in [-0.2, 0) is 9.59 Å². The Morgan fingerprint density at radius 1 is 1.20 bits per heavy atom. The largest absolute Gasteiger partial charge is 0.353 e. The first kappa shape index (κ1) is 15.3. The number of hydrogen-bond donors (Lipinski definition) is 2. The number of carbonyl (C=O) groups is 2. The van der Waals surface area contributed by atoms with Gasteiger partial charge in [-0.2, -0.15) is 0 Å². The summed E-state index contributed by atoms with van der Waals surface area (Å²) in [5, 5.41) is 6.36. The predicted octanol–water partition coefficient (Wildman–Crippen LogP) is 0.748. The molecule has 0 aromatic heterocycles. The van der Waals surface area contributed by atoms with Crippen LogP contribution < -0.4 is 10.6 Å². The van der Waals surface area contributed by atoms with E-state index in [2.05, 4.69) is 17.6 Å². The van der Waals surface area contributed by atoms with Crippen LogP contribution in [-0.4, -0.2) is 48.4 Å². The van der Waals surface area contributed by atoms with Gasteiger partial charge in [0.1, 0.15) is 0 Å². The zero-order valence-corrected chi connectivity index (χ0v) is 12.8. The van der Waals surface area contributed by atoms with Crippen molar-refractivity contribution in [3.63, 3.8) is 0 Å². The number of hydrogen-bond acceptors (Lipinski definition) is 3. The van der Waals surface area contributed by atoms with Crippen molar-refractivity contribution in [3.05, 3.63) is 0 Å². The zero-order chi connectivity index (χ0) is 14.7. The topological polar surface area (TPSA) is 61.4 Å². The fourth-order valence-electron chi connectivity index (χ4n) is 2.97. The van der Waals surface area contributed by atoms with E-state index < -0.39 is 0 Å². The van der Waals surface area contributed by atoms with E-state index >= 15 is 0 Å². The van der Waals surface area contributed by atoms with E-state index in [1.165, 1.54) is 0 Å². The lowest BCUT2D eigenvalue weighted by Crippen LogP contribution is -2.52. The highest BCUT2D eigenvalue weighted by Crippen LogP contribution is 2.19. The van der Waals surface area contributed by atoms with E-state index in [9.17, 15) is 9.59 Å². The SMILES string of the molecule is CC(C)C(=O)NC1CCN(C(=O)C2NCCC2C)CC1. The molecule has 2 fully saturated rings. The number of amides is 2. The molecule has 20 heavy (non-hydrogen) atoms. The molecule has 0 aromatic rings. The number of likely N-dealkylation sites (tertiary alicyclic amines) is 1. The quantitative estimate of drug-likeness (QED) is 0.802. The maximum absolute atomic E-state index is 12.4. The van der Waals surface area contributed by atoms with Crippen LogP contribution in [0.4, 0.5) is 0 Å². The lowest BCUT2D eigenvalue weighted by molar-refractivity contribution is -0.135. The van der Waals surface area contributed by atoms with Crippen LogP contribution in [0.25, 0.3) is 0 Å². The molecule has 5 nitrogen and oxygen atoms in total. The van der Waals surface area contributed by atoms with Crippen molar-refractivity contribution in [2.45, 2.75) is 52.1 Å². The molecule has 2 N–H and O–H groups in total. The van der Waals surface area contributed by atoms with Crippen LogP contribution in [0.2, 0.25) is 0 Å². The van der Waals surface area contributed by atoms with Gasteiger partial charge in [0.2, 0.25) is 11.8 Å². The molecule has 2 unspecified atom stereocenters. The van der Waals surface area contributed by atoms with Gasteiger partial charge in [-0.1, -0.05) is 20.8 Å². The maximum atomic E-state index is 12.4. The summed E-state index contributed by atoms with van der Waals surface area (Å²) >= 11 is 0. The molecule has 0 spiro atoms.